The number of likely N-dealkylation sites (N-methyl/N-ethyl adjacent to an activating group) is 1. The van der Waals surface area contributed by atoms with Gasteiger partial charge in [-0.2, -0.15) is 0 Å². The number of hydrogen-bond acceptors (Lipinski definition) is 5. The lowest BCUT2D eigenvalue weighted by atomic mass is 10.1. The number of anilines is 1. The molecular weight excluding hydrogens is 336 g/mol. The van der Waals surface area contributed by atoms with Gasteiger partial charge in [0.1, 0.15) is 0 Å². The molecule has 1 aromatic carbocycles. The number of fused-ring (bicyclic) bond motifs is 1. The van der Waals surface area contributed by atoms with E-state index in [4.69, 9.17) is 10.4 Å². The van der Waals surface area contributed by atoms with Crippen LogP contribution in [0.3, 0.4) is 0 Å². The Kier molecular flexibility index (Phi) is 4.73. The fraction of sp³-hybridized carbons (Fsp3) is 0.286. The van der Waals surface area contributed by atoms with Gasteiger partial charge in [0.2, 0.25) is 0 Å². The zero-order chi connectivity index (χ0) is 18.8. The van der Waals surface area contributed by atoms with Gasteiger partial charge < -0.3 is 10.2 Å². The Morgan fingerprint density at radius 3 is 2.70 bits per heavy atom. The molecule has 0 radical (unpaired) electrons. The molecular formula is C21H24N6. The zero-order valence-electron chi connectivity index (χ0n) is 15.7. The molecule has 0 amide bonds. The number of rotatable bonds is 5. The van der Waals surface area contributed by atoms with Crippen molar-refractivity contribution in [2.24, 2.45) is 0 Å². The van der Waals surface area contributed by atoms with Gasteiger partial charge in [-0.05, 0) is 25.1 Å². The molecule has 138 valence electrons. The van der Waals surface area contributed by atoms with E-state index >= 15 is 0 Å². The second-order valence-corrected chi connectivity index (χ2v) is 6.77. The summed E-state index contributed by atoms with van der Waals surface area (Å²) in [6.45, 7) is 3.81. The molecule has 0 saturated carbocycles. The van der Waals surface area contributed by atoms with Gasteiger partial charge in [0, 0.05) is 37.1 Å². The van der Waals surface area contributed by atoms with E-state index in [1.165, 1.54) is 0 Å². The zero-order valence-corrected chi connectivity index (χ0v) is 15.7. The monoisotopic (exact) mass is 360 g/mol. The van der Waals surface area contributed by atoms with Crippen molar-refractivity contribution in [1.82, 2.24) is 19.9 Å². The topological polar surface area (TPSA) is 69.8 Å². The Balaban J connectivity index is 1.86. The first-order valence-electron chi connectivity index (χ1n) is 9.32. The molecule has 3 aromatic rings. The van der Waals surface area contributed by atoms with Gasteiger partial charge in [0.15, 0.2) is 17.0 Å². The first-order chi connectivity index (χ1) is 13.2. The third-order valence-corrected chi connectivity index (χ3v) is 4.96. The van der Waals surface area contributed by atoms with Crippen LogP contribution in [0.1, 0.15) is 13.3 Å². The third kappa shape index (κ3) is 3.24. The predicted octanol–water partition coefficient (Wildman–Crippen LogP) is 2.87. The SMILES string of the molecule is CC/C=C\n1c(=N)c(N2CC(NC)C2)nc2ncc(-c3ccccc3)cc21. The highest BCUT2D eigenvalue weighted by atomic mass is 15.3. The molecule has 6 nitrogen and oxygen atoms in total. The number of allylic oxidation sites excluding steroid dienone is 1. The van der Waals surface area contributed by atoms with E-state index in [0.717, 1.165) is 36.2 Å². The highest BCUT2D eigenvalue weighted by molar-refractivity contribution is 5.80. The second-order valence-electron chi connectivity index (χ2n) is 6.77. The largest absolute Gasteiger partial charge is 0.350 e. The summed E-state index contributed by atoms with van der Waals surface area (Å²) >= 11 is 0. The van der Waals surface area contributed by atoms with E-state index in [-0.39, 0.29) is 0 Å². The van der Waals surface area contributed by atoms with E-state index in [9.17, 15) is 0 Å². The van der Waals surface area contributed by atoms with Gasteiger partial charge in [-0.15, -0.1) is 0 Å². The predicted molar refractivity (Wildman–Crippen MR) is 110 cm³/mol. The van der Waals surface area contributed by atoms with Crippen LogP contribution in [0.5, 0.6) is 0 Å². The highest BCUT2D eigenvalue weighted by Gasteiger charge is 2.28. The number of nitrogens with one attached hydrogen (secondary N) is 2. The van der Waals surface area contributed by atoms with Gasteiger partial charge >= 0.3 is 0 Å². The quantitative estimate of drug-likeness (QED) is 0.734. The molecule has 3 heterocycles. The average Bonchev–Trinajstić information content (AvgIpc) is 2.67. The van der Waals surface area contributed by atoms with Crippen LogP contribution < -0.4 is 15.7 Å². The summed E-state index contributed by atoms with van der Waals surface area (Å²) in [5.41, 5.74) is 4.03. The van der Waals surface area contributed by atoms with E-state index in [0.29, 0.717) is 23.0 Å². The molecule has 2 aromatic heterocycles. The van der Waals surface area contributed by atoms with Crippen LogP contribution in [0.25, 0.3) is 28.5 Å². The molecule has 1 fully saturated rings. The molecule has 0 atom stereocenters. The van der Waals surface area contributed by atoms with Crippen LogP contribution in [0.2, 0.25) is 0 Å². The van der Waals surface area contributed by atoms with E-state index in [2.05, 4.69) is 46.4 Å². The Labute approximate surface area is 158 Å². The molecule has 1 aliphatic rings. The summed E-state index contributed by atoms with van der Waals surface area (Å²) in [6, 6.07) is 12.7. The molecule has 6 heteroatoms. The number of aromatic nitrogens is 3. The van der Waals surface area contributed by atoms with Gasteiger partial charge in [-0.3, -0.25) is 9.98 Å². The molecule has 0 spiro atoms. The average molecular weight is 360 g/mol. The number of hydrogen-bond donors (Lipinski definition) is 2. The molecule has 0 aliphatic carbocycles. The number of pyridine rings is 1. The molecule has 4 rings (SSSR count). The summed E-state index contributed by atoms with van der Waals surface area (Å²) in [6.07, 6.45) is 6.78. The first kappa shape index (κ1) is 17.4. The van der Waals surface area contributed by atoms with Crippen LogP contribution in [0.15, 0.2) is 48.7 Å². The Bertz CT molecular complexity index is 1030. The van der Waals surface area contributed by atoms with Crippen LogP contribution in [0.4, 0.5) is 5.82 Å². The Morgan fingerprint density at radius 2 is 2.00 bits per heavy atom. The number of benzene rings is 1. The fourth-order valence-corrected chi connectivity index (χ4v) is 3.30. The lowest BCUT2D eigenvalue weighted by molar-refractivity contribution is 0.445. The smallest absolute Gasteiger partial charge is 0.178 e. The minimum Gasteiger partial charge on any atom is -0.350 e. The summed E-state index contributed by atoms with van der Waals surface area (Å²) in [7, 11) is 1.97. The molecule has 1 aliphatic heterocycles. The molecule has 0 bridgehead atoms. The Hall–Kier alpha value is -2.99. The van der Waals surface area contributed by atoms with Crippen molar-refractivity contribution in [2.45, 2.75) is 19.4 Å². The van der Waals surface area contributed by atoms with Crippen LogP contribution >= 0.6 is 0 Å². The van der Waals surface area contributed by atoms with Crippen LogP contribution in [-0.4, -0.2) is 40.7 Å². The van der Waals surface area contributed by atoms with Crippen molar-refractivity contribution >= 4 is 23.2 Å². The van der Waals surface area contributed by atoms with Crippen molar-refractivity contribution < 1.29 is 0 Å². The van der Waals surface area contributed by atoms with Crippen molar-refractivity contribution in [1.29, 1.82) is 5.41 Å². The number of nitrogens with zero attached hydrogens (tertiary/aromatic N) is 4. The van der Waals surface area contributed by atoms with Crippen molar-refractivity contribution in [3.63, 3.8) is 0 Å². The normalized spacial score (nSPS) is 14.8. The third-order valence-electron chi connectivity index (χ3n) is 4.96. The summed E-state index contributed by atoms with van der Waals surface area (Å²) in [5, 5.41) is 12.0. The van der Waals surface area contributed by atoms with Crippen molar-refractivity contribution in [2.75, 3.05) is 25.0 Å². The van der Waals surface area contributed by atoms with Crippen LogP contribution in [-0.2, 0) is 0 Å². The highest BCUT2D eigenvalue weighted by Crippen LogP contribution is 2.23. The fourth-order valence-electron chi connectivity index (χ4n) is 3.30. The lowest BCUT2D eigenvalue weighted by Gasteiger charge is -2.39. The summed E-state index contributed by atoms with van der Waals surface area (Å²) < 4.78 is 1.90. The maximum atomic E-state index is 8.73. The minimum absolute atomic E-state index is 0.397. The summed E-state index contributed by atoms with van der Waals surface area (Å²) in [5.74, 6) is 0.690. The Morgan fingerprint density at radius 1 is 1.22 bits per heavy atom. The molecule has 0 unspecified atom stereocenters. The second kappa shape index (κ2) is 7.32. The van der Waals surface area contributed by atoms with Gasteiger partial charge in [0.05, 0.1) is 5.52 Å². The maximum absolute atomic E-state index is 8.73. The molecule has 2 N–H and O–H groups in total. The molecule has 1 saturated heterocycles. The maximum Gasteiger partial charge on any atom is 0.178 e. The van der Waals surface area contributed by atoms with E-state index < -0.39 is 0 Å². The lowest BCUT2D eigenvalue weighted by Crippen LogP contribution is -2.58. The van der Waals surface area contributed by atoms with Crippen molar-refractivity contribution in [3.05, 3.63) is 54.2 Å². The molecule has 27 heavy (non-hydrogen) atoms. The first-order valence-corrected chi connectivity index (χ1v) is 9.32. The van der Waals surface area contributed by atoms with Gasteiger partial charge in [-0.1, -0.05) is 43.3 Å². The van der Waals surface area contributed by atoms with Crippen molar-refractivity contribution in [3.8, 4) is 11.1 Å². The van der Waals surface area contributed by atoms with E-state index in [1.807, 2.05) is 42.2 Å². The standard InChI is InChI=1S/C21H24N6/c1-3-4-10-27-18-11-16(15-8-6-5-7-9-15)12-24-20(18)25-21(19(27)22)26-13-17(14-26)23-2/h4-12,17,22-23H,3,13-14H2,1-2H3/b10-4-,22-19?. The van der Waals surface area contributed by atoms with E-state index in [1.54, 1.807) is 0 Å². The minimum atomic E-state index is 0.397. The van der Waals surface area contributed by atoms with Gasteiger partial charge in [0.25, 0.3) is 0 Å². The van der Waals surface area contributed by atoms with Crippen LogP contribution in [0, 0.1) is 5.41 Å². The van der Waals surface area contributed by atoms with Gasteiger partial charge in [-0.25, -0.2) is 9.97 Å². The summed E-state index contributed by atoms with van der Waals surface area (Å²) in [4.78, 5) is 11.5.